The van der Waals surface area contributed by atoms with Gasteiger partial charge in [-0.25, -0.2) is 0 Å². The van der Waals surface area contributed by atoms with Crippen LogP contribution >= 0.6 is 0 Å². The molecule has 0 spiro atoms. The van der Waals surface area contributed by atoms with E-state index in [1.807, 2.05) is 0 Å². The van der Waals surface area contributed by atoms with E-state index in [4.69, 9.17) is 0 Å². The lowest BCUT2D eigenvalue weighted by molar-refractivity contribution is -0.105. The summed E-state index contributed by atoms with van der Waals surface area (Å²) in [6.45, 7) is 11.3. The minimum atomic E-state index is 0.104. The minimum Gasteiger partial charge on any atom is -0.298 e. The molecule has 2 rings (SSSR count). The molecule has 0 N–H and O–H groups in total. The van der Waals surface area contributed by atoms with E-state index in [9.17, 15) is 4.79 Å². The van der Waals surface area contributed by atoms with Crippen LogP contribution in [0.25, 0.3) is 0 Å². The van der Waals surface area contributed by atoms with Crippen molar-refractivity contribution in [3.8, 4) is 0 Å². The highest BCUT2D eigenvalue weighted by Crippen LogP contribution is 2.49. The smallest absolute Gasteiger partial charge is 0.146 e. The maximum Gasteiger partial charge on any atom is 0.146 e. The zero-order chi connectivity index (χ0) is 13.6. The molecule has 0 heterocycles. The second kappa shape index (κ2) is 4.22. The fourth-order valence-electron chi connectivity index (χ4n) is 3.29. The predicted molar refractivity (Wildman–Crippen MR) is 76.3 cm³/mol. The van der Waals surface area contributed by atoms with Crippen LogP contribution in [0.1, 0.15) is 47.5 Å². The van der Waals surface area contributed by atoms with Gasteiger partial charge in [0.25, 0.3) is 0 Å². The maximum absolute atomic E-state index is 11.1. The molecule has 1 heteroatoms. The van der Waals surface area contributed by atoms with Crippen LogP contribution in [0.3, 0.4) is 0 Å². The van der Waals surface area contributed by atoms with Gasteiger partial charge in [0, 0.05) is 0 Å². The van der Waals surface area contributed by atoms with Gasteiger partial charge in [-0.2, -0.15) is 0 Å². The Balaban J connectivity index is 2.37. The fraction of sp³-hybridized carbons (Fsp3) is 0.588. The highest BCUT2D eigenvalue weighted by molar-refractivity contribution is 5.75. The van der Waals surface area contributed by atoms with Crippen molar-refractivity contribution in [1.82, 2.24) is 0 Å². The van der Waals surface area contributed by atoms with Gasteiger partial charge in [0.2, 0.25) is 0 Å². The summed E-state index contributed by atoms with van der Waals surface area (Å²) in [4.78, 5) is 11.1. The molecule has 1 atom stereocenters. The average molecular weight is 244 g/mol. The number of carbonyl (C=O) groups is 1. The van der Waals surface area contributed by atoms with Gasteiger partial charge < -0.3 is 0 Å². The van der Waals surface area contributed by atoms with Crippen molar-refractivity contribution in [2.24, 2.45) is 16.7 Å². The van der Waals surface area contributed by atoms with Gasteiger partial charge in [-0.1, -0.05) is 51.5 Å². The van der Waals surface area contributed by atoms with Crippen LogP contribution in [-0.2, 0) is 4.79 Å². The Bertz CT molecular complexity index is 458. The van der Waals surface area contributed by atoms with Crippen molar-refractivity contribution in [1.29, 1.82) is 0 Å². The number of hydrogen-bond acceptors (Lipinski definition) is 1. The number of rotatable bonds is 2. The third-order valence-electron chi connectivity index (χ3n) is 4.67. The second-order valence-corrected chi connectivity index (χ2v) is 7.04. The Hall–Kier alpha value is -1.11. The molecule has 0 aromatic rings. The van der Waals surface area contributed by atoms with Crippen molar-refractivity contribution in [3.63, 3.8) is 0 Å². The Kier molecular flexibility index (Phi) is 3.12. The van der Waals surface area contributed by atoms with E-state index < -0.39 is 0 Å². The maximum atomic E-state index is 11.1. The van der Waals surface area contributed by atoms with Crippen LogP contribution in [0.5, 0.6) is 0 Å². The molecular formula is C17H24O. The largest absolute Gasteiger partial charge is 0.298 e. The van der Waals surface area contributed by atoms with E-state index in [1.165, 1.54) is 11.1 Å². The molecule has 0 amide bonds. The molecule has 0 bridgehead atoms. The first-order chi connectivity index (χ1) is 8.26. The summed E-state index contributed by atoms with van der Waals surface area (Å²) < 4.78 is 0. The molecule has 1 unspecified atom stereocenters. The number of carbonyl (C=O) groups excluding carboxylic acids is 1. The first kappa shape index (κ1) is 13.3. The zero-order valence-electron chi connectivity index (χ0n) is 12.2. The van der Waals surface area contributed by atoms with Gasteiger partial charge in [0.1, 0.15) is 6.29 Å². The lowest BCUT2D eigenvalue weighted by atomic mass is 9.69. The highest BCUT2D eigenvalue weighted by atomic mass is 16.1. The van der Waals surface area contributed by atoms with Gasteiger partial charge in [-0.05, 0) is 47.7 Å². The van der Waals surface area contributed by atoms with Crippen molar-refractivity contribution in [3.05, 3.63) is 34.9 Å². The van der Waals surface area contributed by atoms with Crippen molar-refractivity contribution in [2.45, 2.75) is 47.5 Å². The zero-order valence-corrected chi connectivity index (χ0v) is 12.2. The monoisotopic (exact) mass is 244 g/mol. The molecule has 0 aromatic heterocycles. The Labute approximate surface area is 111 Å². The first-order valence-corrected chi connectivity index (χ1v) is 6.82. The Morgan fingerprint density at radius 2 is 1.94 bits per heavy atom. The van der Waals surface area contributed by atoms with Crippen molar-refractivity contribution in [2.75, 3.05) is 0 Å². The molecule has 2 aliphatic carbocycles. The predicted octanol–water partition coefficient (Wildman–Crippen LogP) is 4.46. The molecule has 18 heavy (non-hydrogen) atoms. The summed E-state index contributed by atoms with van der Waals surface area (Å²) in [6.07, 6.45) is 9.83. The molecule has 0 fully saturated rings. The molecule has 0 saturated carbocycles. The second-order valence-electron chi connectivity index (χ2n) is 7.04. The highest BCUT2D eigenvalue weighted by Gasteiger charge is 2.38. The van der Waals surface area contributed by atoms with E-state index in [0.29, 0.717) is 5.92 Å². The summed E-state index contributed by atoms with van der Waals surface area (Å²) in [5.41, 5.74) is 4.08. The minimum absolute atomic E-state index is 0.104. The third kappa shape index (κ3) is 2.23. The number of allylic oxidation sites excluding steroid dienone is 6. The number of hydrogen-bond donors (Lipinski definition) is 0. The van der Waals surface area contributed by atoms with Crippen LogP contribution < -0.4 is 0 Å². The molecule has 2 aliphatic rings. The third-order valence-corrected chi connectivity index (χ3v) is 4.67. The van der Waals surface area contributed by atoms with E-state index in [-0.39, 0.29) is 10.8 Å². The number of aldehydes is 1. The van der Waals surface area contributed by atoms with E-state index in [1.54, 1.807) is 0 Å². The summed E-state index contributed by atoms with van der Waals surface area (Å²) >= 11 is 0. The topological polar surface area (TPSA) is 17.1 Å². The van der Waals surface area contributed by atoms with Crippen LogP contribution in [0.4, 0.5) is 0 Å². The summed E-state index contributed by atoms with van der Waals surface area (Å²) in [7, 11) is 0. The average Bonchev–Trinajstić information content (AvgIpc) is 2.51. The standard InChI is InChI=1S/C17H24O/c1-12-6-7-15(17(12,4)5)14-8-13(11-18)9-16(2,3)10-14/h6,8,10-11,15H,7,9H2,1-5H3. The van der Waals surface area contributed by atoms with Gasteiger partial charge in [-0.3, -0.25) is 4.79 Å². The molecular weight excluding hydrogens is 220 g/mol. The lowest BCUT2D eigenvalue weighted by Gasteiger charge is -2.35. The fourth-order valence-corrected chi connectivity index (χ4v) is 3.29. The molecule has 0 aromatic carbocycles. The summed E-state index contributed by atoms with van der Waals surface area (Å²) in [5.74, 6) is 0.520. The van der Waals surface area contributed by atoms with E-state index >= 15 is 0 Å². The van der Waals surface area contributed by atoms with Crippen LogP contribution in [0.15, 0.2) is 34.9 Å². The molecule has 0 aliphatic heterocycles. The summed E-state index contributed by atoms with van der Waals surface area (Å²) in [5, 5.41) is 0. The van der Waals surface area contributed by atoms with E-state index in [0.717, 1.165) is 24.7 Å². The van der Waals surface area contributed by atoms with Gasteiger partial charge in [0.05, 0.1) is 0 Å². The molecule has 0 saturated heterocycles. The lowest BCUT2D eigenvalue weighted by Crippen LogP contribution is -2.25. The van der Waals surface area contributed by atoms with Gasteiger partial charge in [0.15, 0.2) is 0 Å². The van der Waals surface area contributed by atoms with Gasteiger partial charge in [-0.15, -0.1) is 0 Å². The van der Waals surface area contributed by atoms with Crippen LogP contribution in [0.2, 0.25) is 0 Å². The molecule has 1 nitrogen and oxygen atoms in total. The van der Waals surface area contributed by atoms with Crippen LogP contribution in [-0.4, -0.2) is 6.29 Å². The van der Waals surface area contributed by atoms with Crippen molar-refractivity contribution >= 4 is 6.29 Å². The normalized spacial score (nSPS) is 29.4. The van der Waals surface area contributed by atoms with Crippen LogP contribution in [0, 0.1) is 16.7 Å². The Morgan fingerprint density at radius 3 is 2.44 bits per heavy atom. The van der Waals surface area contributed by atoms with Crippen molar-refractivity contribution < 1.29 is 4.79 Å². The quantitative estimate of drug-likeness (QED) is 0.517. The molecule has 0 radical (unpaired) electrons. The summed E-state index contributed by atoms with van der Waals surface area (Å²) in [6, 6.07) is 0. The van der Waals surface area contributed by atoms with E-state index in [2.05, 4.69) is 52.8 Å². The Morgan fingerprint density at radius 1 is 1.28 bits per heavy atom. The first-order valence-electron chi connectivity index (χ1n) is 6.82. The van der Waals surface area contributed by atoms with Gasteiger partial charge >= 0.3 is 0 Å². The molecule has 98 valence electrons. The SMILES string of the molecule is CC1=CCC(C2=CC(C)(C)CC(C=O)=C2)C1(C)C.